The molecule has 0 saturated carbocycles. The third-order valence-corrected chi connectivity index (χ3v) is 2.77. The Balaban J connectivity index is 3.13. The Kier molecular flexibility index (Phi) is 4.22. The summed E-state index contributed by atoms with van der Waals surface area (Å²) in [5.41, 5.74) is 6.09. The lowest BCUT2D eigenvalue weighted by Gasteiger charge is -2.20. The van der Waals surface area contributed by atoms with Crippen LogP contribution in [-0.4, -0.2) is 16.3 Å². The van der Waals surface area contributed by atoms with E-state index in [0.29, 0.717) is 17.0 Å². The van der Waals surface area contributed by atoms with Gasteiger partial charge in [0.2, 0.25) is 0 Å². The molecule has 4 N–H and O–H groups in total. The van der Waals surface area contributed by atoms with Gasteiger partial charge in [0, 0.05) is 10.6 Å². The van der Waals surface area contributed by atoms with Crippen molar-refractivity contribution in [1.82, 2.24) is 0 Å². The van der Waals surface area contributed by atoms with Gasteiger partial charge in [-0.15, -0.1) is 0 Å². The summed E-state index contributed by atoms with van der Waals surface area (Å²) in [5, 5.41) is 19.8. The second kappa shape index (κ2) is 5.03. The van der Waals surface area contributed by atoms with Gasteiger partial charge in [-0.3, -0.25) is 0 Å². The van der Waals surface area contributed by atoms with Crippen LogP contribution in [0.3, 0.4) is 0 Å². The van der Waals surface area contributed by atoms with Crippen molar-refractivity contribution in [3.63, 3.8) is 0 Å². The summed E-state index contributed by atoms with van der Waals surface area (Å²) in [4.78, 5) is 0. The predicted molar refractivity (Wildman–Crippen MR) is 61.4 cm³/mol. The molecule has 0 spiro atoms. The Hall–Kier alpha value is -0.480. The normalized spacial score (nSPS) is 15.0. The summed E-state index contributed by atoms with van der Waals surface area (Å²) < 4.78 is 0. The smallest absolute Gasteiger partial charge is 0.123 e. The van der Waals surface area contributed by atoms with Gasteiger partial charge in [-0.2, -0.15) is 0 Å². The molecule has 0 aliphatic heterocycles. The monoisotopic (exact) mass is 249 g/mol. The summed E-state index contributed by atoms with van der Waals surface area (Å²) in [6.07, 6.45) is -0.255. The molecule has 2 atom stereocenters. The maximum absolute atomic E-state index is 9.63. The third kappa shape index (κ3) is 2.75. The average Bonchev–Trinajstić information content (AvgIpc) is 2.14. The molecule has 0 heterocycles. The van der Waals surface area contributed by atoms with E-state index in [-0.39, 0.29) is 10.8 Å². The molecule has 0 bridgehead atoms. The second-order valence-corrected chi connectivity index (χ2v) is 4.17. The minimum Gasteiger partial charge on any atom is -0.507 e. The molecule has 1 aromatic rings. The predicted octanol–water partition coefficient (Wildman–Crippen LogP) is 2.47. The first kappa shape index (κ1) is 12.6. The van der Waals surface area contributed by atoms with Gasteiger partial charge in [-0.1, -0.05) is 30.1 Å². The fraction of sp³-hybridized carbons (Fsp3) is 0.400. The second-order valence-electron chi connectivity index (χ2n) is 3.32. The first-order valence-corrected chi connectivity index (χ1v) is 5.34. The molecule has 0 radical (unpaired) electrons. The number of aliphatic hydroxyl groups excluding tert-OH is 1. The fourth-order valence-corrected chi connectivity index (χ4v) is 1.96. The van der Waals surface area contributed by atoms with Crippen LogP contribution in [0.2, 0.25) is 10.0 Å². The van der Waals surface area contributed by atoms with Crippen LogP contribution in [0.25, 0.3) is 0 Å². The molecule has 1 aromatic carbocycles. The van der Waals surface area contributed by atoms with Gasteiger partial charge in [0.15, 0.2) is 0 Å². The van der Waals surface area contributed by atoms with Crippen molar-refractivity contribution in [3.8, 4) is 5.75 Å². The van der Waals surface area contributed by atoms with Gasteiger partial charge < -0.3 is 15.9 Å². The van der Waals surface area contributed by atoms with Crippen LogP contribution in [0.4, 0.5) is 0 Å². The molecule has 0 amide bonds. The van der Waals surface area contributed by atoms with E-state index in [9.17, 15) is 10.2 Å². The summed E-state index contributed by atoms with van der Waals surface area (Å²) in [5.74, 6) is -0.0903. The number of aromatic hydroxyl groups is 1. The molecule has 1 rings (SSSR count). The standard InChI is InChI=1S/C10H13Cl2NO2/c1-2-7(14)10(13)9-6(12)3-5(11)4-8(9)15/h3-4,7,10,14-15H,2,13H2,1H3/t7-,10-/m0/s1. The van der Waals surface area contributed by atoms with E-state index in [1.54, 1.807) is 6.92 Å². The maximum Gasteiger partial charge on any atom is 0.123 e. The molecule has 15 heavy (non-hydrogen) atoms. The molecule has 0 unspecified atom stereocenters. The van der Waals surface area contributed by atoms with Crippen molar-refractivity contribution in [2.45, 2.75) is 25.5 Å². The zero-order valence-corrected chi connectivity index (χ0v) is 9.76. The highest BCUT2D eigenvalue weighted by Gasteiger charge is 2.21. The molecular formula is C10H13Cl2NO2. The maximum atomic E-state index is 9.63. The van der Waals surface area contributed by atoms with Gasteiger partial charge in [-0.25, -0.2) is 0 Å². The number of aliphatic hydroxyl groups is 1. The number of phenolic OH excluding ortho intramolecular Hbond substituents is 1. The minimum atomic E-state index is -0.741. The topological polar surface area (TPSA) is 66.5 Å². The van der Waals surface area contributed by atoms with E-state index in [2.05, 4.69) is 0 Å². The van der Waals surface area contributed by atoms with E-state index in [4.69, 9.17) is 28.9 Å². The van der Waals surface area contributed by atoms with Crippen LogP contribution in [0.5, 0.6) is 5.75 Å². The number of halogens is 2. The number of benzene rings is 1. The zero-order valence-electron chi connectivity index (χ0n) is 8.24. The van der Waals surface area contributed by atoms with E-state index < -0.39 is 12.1 Å². The van der Waals surface area contributed by atoms with Crippen LogP contribution in [0.1, 0.15) is 24.9 Å². The quantitative estimate of drug-likeness (QED) is 0.771. The van der Waals surface area contributed by atoms with Gasteiger partial charge in [0.1, 0.15) is 5.75 Å². The van der Waals surface area contributed by atoms with Crippen molar-refractivity contribution in [1.29, 1.82) is 0 Å². The van der Waals surface area contributed by atoms with E-state index in [0.717, 1.165) is 0 Å². The fourth-order valence-electron chi connectivity index (χ4n) is 1.35. The lowest BCUT2D eigenvalue weighted by atomic mass is 10.00. The lowest BCUT2D eigenvalue weighted by molar-refractivity contribution is 0.139. The molecule has 5 heteroatoms. The Morgan fingerprint density at radius 3 is 2.47 bits per heavy atom. The molecular weight excluding hydrogens is 237 g/mol. The van der Waals surface area contributed by atoms with E-state index in [1.807, 2.05) is 0 Å². The summed E-state index contributed by atoms with van der Waals surface area (Å²) >= 11 is 11.6. The van der Waals surface area contributed by atoms with Gasteiger partial charge in [-0.05, 0) is 18.6 Å². The van der Waals surface area contributed by atoms with Crippen LogP contribution in [0, 0.1) is 0 Å². The number of hydrogen-bond donors (Lipinski definition) is 3. The van der Waals surface area contributed by atoms with Crippen molar-refractivity contribution >= 4 is 23.2 Å². The van der Waals surface area contributed by atoms with E-state index >= 15 is 0 Å². The number of rotatable bonds is 3. The molecule has 0 aromatic heterocycles. The molecule has 0 saturated heterocycles. The molecule has 0 aliphatic carbocycles. The molecule has 3 nitrogen and oxygen atoms in total. The number of hydrogen-bond acceptors (Lipinski definition) is 3. The van der Waals surface area contributed by atoms with Gasteiger partial charge in [0.25, 0.3) is 0 Å². The number of phenols is 1. The average molecular weight is 250 g/mol. The van der Waals surface area contributed by atoms with Crippen molar-refractivity contribution in [3.05, 3.63) is 27.7 Å². The first-order chi connectivity index (χ1) is 6.97. The Morgan fingerprint density at radius 2 is 2.00 bits per heavy atom. The molecule has 84 valence electrons. The highest BCUT2D eigenvalue weighted by Crippen LogP contribution is 2.35. The summed E-state index contributed by atoms with van der Waals surface area (Å²) in [6.45, 7) is 1.80. The first-order valence-electron chi connectivity index (χ1n) is 4.59. The Bertz CT molecular complexity index is 334. The van der Waals surface area contributed by atoms with Crippen molar-refractivity contribution in [2.75, 3.05) is 0 Å². The Morgan fingerprint density at radius 1 is 1.40 bits per heavy atom. The minimum absolute atomic E-state index is 0.0903. The van der Waals surface area contributed by atoms with E-state index in [1.165, 1.54) is 12.1 Å². The SMILES string of the molecule is CC[C@H](O)[C@H](N)c1c(O)cc(Cl)cc1Cl. The molecule has 0 fully saturated rings. The van der Waals surface area contributed by atoms with Crippen LogP contribution in [-0.2, 0) is 0 Å². The highest BCUT2D eigenvalue weighted by atomic mass is 35.5. The third-order valence-electron chi connectivity index (χ3n) is 2.24. The van der Waals surface area contributed by atoms with Gasteiger partial charge >= 0.3 is 0 Å². The van der Waals surface area contributed by atoms with Crippen LogP contribution >= 0.6 is 23.2 Å². The van der Waals surface area contributed by atoms with Crippen LogP contribution in [0.15, 0.2) is 12.1 Å². The lowest BCUT2D eigenvalue weighted by Crippen LogP contribution is -2.25. The van der Waals surface area contributed by atoms with Crippen molar-refractivity contribution in [2.24, 2.45) is 5.73 Å². The number of nitrogens with two attached hydrogens (primary N) is 1. The highest BCUT2D eigenvalue weighted by molar-refractivity contribution is 6.35. The van der Waals surface area contributed by atoms with Crippen molar-refractivity contribution < 1.29 is 10.2 Å². The Labute approximate surface area is 98.4 Å². The van der Waals surface area contributed by atoms with Gasteiger partial charge in [0.05, 0.1) is 17.2 Å². The summed E-state index contributed by atoms with van der Waals surface area (Å²) in [7, 11) is 0. The van der Waals surface area contributed by atoms with Crippen LogP contribution < -0.4 is 5.73 Å². The summed E-state index contributed by atoms with van der Waals surface area (Å²) in [6, 6.07) is 2.13. The molecule has 0 aliphatic rings. The largest absolute Gasteiger partial charge is 0.507 e. The zero-order chi connectivity index (χ0) is 11.6.